The summed E-state index contributed by atoms with van der Waals surface area (Å²) in [5.74, 6) is 0. The van der Waals surface area contributed by atoms with Crippen LogP contribution >= 0.6 is 0 Å². The molecule has 0 aliphatic carbocycles. The first-order valence-electron chi connectivity index (χ1n) is 6.32. The average Bonchev–Trinajstić information content (AvgIpc) is 2.36. The molecular weight excluding hydrogens is 319 g/mol. The Morgan fingerprint density at radius 2 is 1.68 bits per heavy atom. The van der Waals surface area contributed by atoms with E-state index in [0.717, 1.165) is 11.0 Å². The van der Waals surface area contributed by atoms with Gasteiger partial charge in [-0.1, -0.05) is 36.9 Å². The summed E-state index contributed by atoms with van der Waals surface area (Å²) in [6.07, 6.45) is 2.02. The Morgan fingerprint density at radius 3 is 2.00 bits per heavy atom. The minimum atomic E-state index is -6.09. The summed E-state index contributed by atoms with van der Waals surface area (Å²) in [6.45, 7) is 7.11. The molecule has 0 aromatic heterocycles. The molecule has 8 heteroatoms. The molecule has 0 spiro atoms. The van der Waals surface area contributed by atoms with Crippen molar-refractivity contribution >= 4 is 10.1 Å². The molecule has 1 unspecified atom stereocenters. The van der Waals surface area contributed by atoms with Crippen LogP contribution in [0.3, 0.4) is 0 Å². The highest BCUT2D eigenvalue weighted by molar-refractivity contribution is 7.86. The Balaban J connectivity index is 0.000000472. The fraction of sp³-hybridized carbons (Fsp3) is 0.429. The molecule has 126 valence electrons. The van der Waals surface area contributed by atoms with Gasteiger partial charge in [-0.25, -0.2) is 8.42 Å². The van der Waals surface area contributed by atoms with E-state index in [2.05, 4.69) is 57.9 Å². The molecule has 0 radical (unpaired) electrons. The second-order valence-electron chi connectivity index (χ2n) is 5.30. The Morgan fingerprint density at radius 1 is 1.27 bits per heavy atom. The second-order valence-corrected chi connectivity index (χ2v) is 6.67. The quantitative estimate of drug-likeness (QED) is 0.367. The van der Waals surface area contributed by atoms with Crippen LogP contribution in [0.4, 0.5) is 13.2 Å². The fourth-order valence-corrected chi connectivity index (χ4v) is 1.48. The van der Waals surface area contributed by atoms with Gasteiger partial charge in [0, 0.05) is 5.56 Å². The summed E-state index contributed by atoms with van der Waals surface area (Å²) in [4.78, 5) is 0. The lowest BCUT2D eigenvalue weighted by Gasteiger charge is -2.34. The minimum Gasteiger partial charge on any atom is -0.741 e. The van der Waals surface area contributed by atoms with Crippen LogP contribution in [0.15, 0.2) is 43.0 Å². The second kappa shape index (κ2) is 7.75. The summed E-state index contributed by atoms with van der Waals surface area (Å²) in [6, 6.07) is 11.1. The molecule has 0 heterocycles. The highest BCUT2D eigenvalue weighted by Gasteiger charge is 2.36. The van der Waals surface area contributed by atoms with Gasteiger partial charge in [0.25, 0.3) is 0 Å². The van der Waals surface area contributed by atoms with Crippen molar-refractivity contribution in [3.05, 3.63) is 48.6 Å². The standard InChI is InChI=1S/C13H20N.CHF3O3S/c1-5-12(2)14(3,4)11-13-9-7-6-8-10-13;2-1(3,4)8(5,6)7/h5-10,12H,1,11H2,2-4H3;(H,5,6,7)/q+1;/p-1. The first-order chi connectivity index (χ1) is 9.81. The molecule has 0 amide bonds. The number of nitrogens with zero attached hydrogens (tertiary/aromatic N) is 1. The molecular formula is C14H20F3NO3S. The maximum absolute atomic E-state index is 10.7. The molecule has 0 bridgehead atoms. The number of quaternary nitrogens is 1. The predicted octanol–water partition coefficient (Wildman–Crippen LogP) is 2.89. The van der Waals surface area contributed by atoms with Crippen LogP contribution in [0, 0.1) is 0 Å². The van der Waals surface area contributed by atoms with Crippen molar-refractivity contribution < 1.29 is 30.6 Å². The number of rotatable bonds is 4. The molecule has 0 aliphatic heterocycles. The number of benzene rings is 1. The van der Waals surface area contributed by atoms with E-state index in [-0.39, 0.29) is 0 Å². The minimum absolute atomic E-state index is 0.482. The number of alkyl halides is 3. The molecule has 1 rings (SSSR count). The molecule has 4 nitrogen and oxygen atoms in total. The van der Waals surface area contributed by atoms with Gasteiger partial charge in [-0.15, -0.1) is 0 Å². The van der Waals surface area contributed by atoms with Gasteiger partial charge in [0.15, 0.2) is 10.1 Å². The van der Waals surface area contributed by atoms with E-state index < -0.39 is 15.6 Å². The highest BCUT2D eigenvalue weighted by atomic mass is 32.2. The number of hydrogen-bond acceptors (Lipinski definition) is 3. The summed E-state index contributed by atoms with van der Waals surface area (Å²) in [5, 5.41) is 0. The van der Waals surface area contributed by atoms with Crippen molar-refractivity contribution in [2.75, 3.05) is 14.1 Å². The monoisotopic (exact) mass is 339 g/mol. The fourth-order valence-electron chi connectivity index (χ4n) is 1.48. The van der Waals surface area contributed by atoms with Crippen LogP contribution in [0.1, 0.15) is 12.5 Å². The van der Waals surface area contributed by atoms with Crippen LogP contribution in [0.2, 0.25) is 0 Å². The molecule has 1 atom stereocenters. The van der Waals surface area contributed by atoms with Gasteiger partial charge >= 0.3 is 5.51 Å². The van der Waals surface area contributed by atoms with E-state index >= 15 is 0 Å². The zero-order chi connectivity index (χ0) is 17.6. The van der Waals surface area contributed by atoms with E-state index in [1.54, 1.807) is 0 Å². The van der Waals surface area contributed by atoms with Gasteiger partial charge in [0.2, 0.25) is 0 Å². The van der Waals surface area contributed by atoms with Gasteiger partial charge in [-0.05, 0) is 13.0 Å². The van der Waals surface area contributed by atoms with Gasteiger partial charge < -0.3 is 9.04 Å². The van der Waals surface area contributed by atoms with Crippen LogP contribution in [0.25, 0.3) is 0 Å². The van der Waals surface area contributed by atoms with E-state index in [1.807, 2.05) is 6.08 Å². The largest absolute Gasteiger partial charge is 0.741 e. The molecule has 1 aromatic carbocycles. The molecule has 0 aliphatic rings. The average molecular weight is 339 g/mol. The summed E-state index contributed by atoms with van der Waals surface area (Å²) < 4.78 is 59.9. The molecule has 0 saturated heterocycles. The lowest BCUT2D eigenvalue weighted by molar-refractivity contribution is -0.919. The predicted molar refractivity (Wildman–Crippen MR) is 77.7 cm³/mol. The summed E-state index contributed by atoms with van der Waals surface area (Å²) in [7, 11) is -1.62. The number of likely N-dealkylation sites (N-methyl/N-ethyl adjacent to an activating group) is 1. The van der Waals surface area contributed by atoms with Crippen molar-refractivity contribution in [3.63, 3.8) is 0 Å². The van der Waals surface area contributed by atoms with Gasteiger partial charge in [0.1, 0.15) is 12.6 Å². The zero-order valence-corrected chi connectivity index (χ0v) is 13.5. The molecule has 0 saturated carbocycles. The van der Waals surface area contributed by atoms with Crippen LogP contribution in [0.5, 0.6) is 0 Å². The molecule has 0 N–H and O–H groups in total. The van der Waals surface area contributed by atoms with E-state index in [1.165, 1.54) is 5.56 Å². The van der Waals surface area contributed by atoms with Crippen molar-refractivity contribution in [1.82, 2.24) is 0 Å². The van der Waals surface area contributed by atoms with Gasteiger partial charge in [0.05, 0.1) is 14.1 Å². The Kier molecular flexibility index (Phi) is 7.27. The third-order valence-electron chi connectivity index (χ3n) is 3.16. The van der Waals surface area contributed by atoms with Crippen molar-refractivity contribution in [1.29, 1.82) is 0 Å². The Bertz CT molecular complexity index is 569. The molecule has 1 aromatic rings. The van der Waals surface area contributed by atoms with Crippen LogP contribution < -0.4 is 0 Å². The highest BCUT2D eigenvalue weighted by Crippen LogP contribution is 2.20. The topological polar surface area (TPSA) is 57.2 Å². The maximum atomic E-state index is 10.7. The van der Waals surface area contributed by atoms with Crippen molar-refractivity contribution in [2.24, 2.45) is 0 Å². The third kappa shape index (κ3) is 7.06. The van der Waals surface area contributed by atoms with E-state index in [0.29, 0.717) is 6.04 Å². The third-order valence-corrected chi connectivity index (χ3v) is 3.73. The Labute approximate surface area is 129 Å². The lowest BCUT2D eigenvalue weighted by Crippen LogP contribution is -2.45. The summed E-state index contributed by atoms with van der Waals surface area (Å²) in [5.41, 5.74) is -4.27. The smallest absolute Gasteiger partial charge is 0.485 e. The maximum Gasteiger partial charge on any atom is 0.485 e. The van der Waals surface area contributed by atoms with Crippen LogP contribution in [-0.2, 0) is 16.7 Å². The first kappa shape index (κ1) is 20.6. The SMILES string of the molecule is C=CC(C)[N+](C)(C)Cc1ccccc1.O=S(=O)([O-])C(F)(F)F. The normalized spacial score (nSPS) is 13.8. The lowest BCUT2D eigenvalue weighted by atomic mass is 10.1. The molecule has 0 fully saturated rings. The Hall–Kier alpha value is -1.38. The van der Waals surface area contributed by atoms with Gasteiger partial charge in [-0.3, -0.25) is 0 Å². The van der Waals surface area contributed by atoms with Gasteiger partial charge in [-0.2, -0.15) is 13.2 Å². The summed E-state index contributed by atoms with van der Waals surface area (Å²) >= 11 is 0. The number of hydrogen-bond donors (Lipinski definition) is 0. The molecule has 22 heavy (non-hydrogen) atoms. The van der Waals surface area contributed by atoms with Crippen molar-refractivity contribution in [3.8, 4) is 0 Å². The van der Waals surface area contributed by atoms with E-state index in [9.17, 15) is 13.2 Å². The van der Waals surface area contributed by atoms with E-state index in [4.69, 9.17) is 13.0 Å². The van der Waals surface area contributed by atoms with Crippen molar-refractivity contribution in [2.45, 2.75) is 25.0 Å². The zero-order valence-electron chi connectivity index (χ0n) is 12.7. The van der Waals surface area contributed by atoms with Crippen LogP contribution in [-0.4, -0.2) is 43.1 Å². The first-order valence-corrected chi connectivity index (χ1v) is 7.73. The number of halogens is 3.